The zero-order valence-corrected chi connectivity index (χ0v) is 16.6. The van der Waals surface area contributed by atoms with Crippen LogP contribution in [0.2, 0.25) is 0 Å². The van der Waals surface area contributed by atoms with Gasteiger partial charge in [-0.25, -0.2) is 9.50 Å². The van der Waals surface area contributed by atoms with Crippen LogP contribution in [0.5, 0.6) is 0 Å². The molecule has 0 saturated carbocycles. The van der Waals surface area contributed by atoms with E-state index in [2.05, 4.69) is 41.4 Å². The number of carbonyl (C=O) groups excluding carboxylic acids is 1. The highest BCUT2D eigenvalue weighted by Crippen LogP contribution is 2.19. The van der Waals surface area contributed by atoms with E-state index in [0.717, 1.165) is 17.0 Å². The number of nitrogens with one attached hydrogen (secondary N) is 1. The van der Waals surface area contributed by atoms with Crippen molar-refractivity contribution < 1.29 is 4.79 Å². The molecule has 3 aromatic rings. The average molecular weight is 365 g/mol. The quantitative estimate of drug-likeness (QED) is 0.727. The lowest BCUT2D eigenvalue weighted by atomic mass is 9.99. The summed E-state index contributed by atoms with van der Waals surface area (Å²) in [5.41, 5.74) is 12.1. The van der Waals surface area contributed by atoms with Crippen LogP contribution in [-0.4, -0.2) is 27.0 Å². The van der Waals surface area contributed by atoms with Gasteiger partial charge in [-0.1, -0.05) is 38.1 Å². The summed E-state index contributed by atoms with van der Waals surface area (Å²) in [5.74, 6) is 0.280. The van der Waals surface area contributed by atoms with Crippen molar-refractivity contribution in [3.63, 3.8) is 0 Å². The summed E-state index contributed by atoms with van der Waals surface area (Å²) in [6.07, 6.45) is 0. The smallest absolute Gasteiger partial charge is 0.257 e. The SMILES string of the molecule is Cc1cc(C)n2nc(C)c(C(=O)NCC(N)c3ccc(C(C)C)cc3)c2n1. The predicted octanol–water partition coefficient (Wildman–Crippen LogP) is 3.21. The average Bonchev–Trinajstić information content (AvgIpc) is 2.95. The molecule has 1 unspecified atom stereocenters. The standard InChI is InChI=1S/C21H27N5O/c1-12(2)16-6-8-17(9-7-16)18(22)11-23-21(27)19-15(5)25-26-14(4)10-13(3)24-20(19)26/h6-10,12,18H,11,22H2,1-5H3,(H,23,27). The topological polar surface area (TPSA) is 85.3 Å². The van der Waals surface area contributed by atoms with Crippen LogP contribution in [0.3, 0.4) is 0 Å². The van der Waals surface area contributed by atoms with E-state index in [1.54, 1.807) is 4.52 Å². The van der Waals surface area contributed by atoms with Crippen molar-refractivity contribution in [1.29, 1.82) is 0 Å². The first-order valence-corrected chi connectivity index (χ1v) is 9.25. The maximum atomic E-state index is 12.8. The zero-order valence-electron chi connectivity index (χ0n) is 16.6. The normalized spacial score (nSPS) is 12.6. The van der Waals surface area contributed by atoms with Gasteiger partial charge in [0.2, 0.25) is 0 Å². The second-order valence-electron chi connectivity index (χ2n) is 7.37. The molecule has 0 saturated heterocycles. The first-order chi connectivity index (χ1) is 12.8. The molecule has 2 aromatic heterocycles. The van der Waals surface area contributed by atoms with Gasteiger partial charge >= 0.3 is 0 Å². The maximum absolute atomic E-state index is 12.8. The number of aryl methyl sites for hydroxylation is 3. The van der Waals surface area contributed by atoms with Crippen molar-refractivity contribution in [2.75, 3.05) is 6.54 Å². The molecule has 0 fully saturated rings. The van der Waals surface area contributed by atoms with Crippen LogP contribution in [0.4, 0.5) is 0 Å². The third-order valence-electron chi connectivity index (χ3n) is 4.81. The number of hydrogen-bond donors (Lipinski definition) is 2. The number of rotatable bonds is 5. The lowest BCUT2D eigenvalue weighted by Crippen LogP contribution is -2.32. The third-order valence-corrected chi connectivity index (χ3v) is 4.81. The van der Waals surface area contributed by atoms with Gasteiger partial charge < -0.3 is 11.1 Å². The van der Waals surface area contributed by atoms with E-state index in [4.69, 9.17) is 5.73 Å². The van der Waals surface area contributed by atoms with Crippen molar-refractivity contribution >= 4 is 11.6 Å². The van der Waals surface area contributed by atoms with Crippen LogP contribution in [0.1, 0.15) is 64.4 Å². The van der Waals surface area contributed by atoms with Crippen molar-refractivity contribution in [1.82, 2.24) is 19.9 Å². The number of aromatic nitrogens is 3. The first-order valence-electron chi connectivity index (χ1n) is 9.25. The lowest BCUT2D eigenvalue weighted by molar-refractivity contribution is 0.0952. The van der Waals surface area contributed by atoms with Crippen LogP contribution in [0.25, 0.3) is 5.65 Å². The van der Waals surface area contributed by atoms with Gasteiger partial charge in [0.05, 0.1) is 5.69 Å². The minimum atomic E-state index is -0.270. The van der Waals surface area contributed by atoms with Crippen molar-refractivity contribution in [3.05, 3.63) is 64.1 Å². The summed E-state index contributed by atoms with van der Waals surface area (Å²) in [7, 11) is 0. The van der Waals surface area contributed by atoms with Gasteiger partial charge in [-0.3, -0.25) is 4.79 Å². The largest absolute Gasteiger partial charge is 0.350 e. The van der Waals surface area contributed by atoms with Gasteiger partial charge in [0.15, 0.2) is 5.65 Å². The summed E-state index contributed by atoms with van der Waals surface area (Å²) in [4.78, 5) is 17.3. The molecule has 2 heterocycles. The van der Waals surface area contributed by atoms with Gasteiger partial charge in [-0.15, -0.1) is 0 Å². The highest BCUT2D eigenvalue weighted by Gasteiger charge is 2.20. The van der Waals surface area contributed by atoms with E-state index in [0.29, 0.717) is 29.4 Å². The van der Waals surface area contributed by atoms with Crippen LogP contribution in [-0.2, 0) is 0 Å². The molecule has 1 amide bonds. The highest BCUT2D eigenvalue weighted by atomic mass is 16.1. The molecule has 27 heavy (non-hydrogen) atoms. The Labute approximate surface area is 159 Å². The summed E-state index contributed by atoms with van der Waals surface area (Å²) in [6, 6.07) is 9.91. The highest BCUT2D eigenvalue weighted by molar-refractivity contribution is 6.01. The number of nitrogens with two attached hydrogens (primary N) is 1. The Hall–Kier alpha value is -2.73. The zero-order chi connectivity index (χ0) is 19.7. The molecule has 0 aliphatic heterocycles. The second-order valence-corrected chi connectivity index (χ2v) is 7.37. The molecule has 0 aliphatic rings. The number of nitrogens with zero attached hydrogens (tertiary/aromatic N) is 3. The lowest BCUT2D eigenvalue weighted by Gasteiger charge is -2.14. The van der Waals surface area contributed by atoms with Crippen LogP contribution in [0.15, 0.2) is 30.3 Å². The van der Waals surface area contributed by atoms with E-state index in [1.165, 1.54) is 5.56 Å². The fourth-order valence-corrected chi connectivity index (χ4v) is 3.23. The predicted molar refractivity (Wildman–Crippen MR) is 107 cm³/mol. The summed E-state index contributed by atoms with van der Waals surface area (Å²) in [6.45, 7) is 10.3. The number of amides is 1. The molecule has 3 rings (SSSR count). The Balaban J connectivity index is 1.76. The fraction of sp³-hybridized carbons (Fsp3) is 0.381. The van der Waals surface area contributed by atoms with Gasteiger partial charge in [0.1, 0.15) is 5.56 Å². The van der Waals surface area contributed by atoms with E-state index in [9.17, 15) is 4.79 Å². The van der Waals surface area contributed by atoms with Crippen LogP contribution < -0.4 is 11.1 Å². The Bertz CT molecular complexity index is 972. The maximum Gasteiger partial charge on any atom is 0.257 e. The first kappa shape index (κ1) is 19.0. The summed E-state index contributed by atoms with van der Waals surface area (Å²) < 4.78 is 1.71. The number of hydrogen-bond acceptors (Lipinski definition) is 4. The van der Waals surface area contributed by atoms with Crippen molar-refractivity contribution in [2.24, 2.45) is 5.73 Å². The van der Waals surface area contributed by atoms with Gasteiger partial charge in [0.25, 0.3) is 5.91 Å². The molecular weight excluding hydrogens is 338 g/mol. The molecule has 142 valence electrons. The Morgan fingerprint density at radius 1 is 1.15 bits per heavy atom. The molecule has 3 N–H and O–H groups in total. The van der Waals surface area contributed by atoms with Gasteiger partial charge in [0, 0.05) is 24.0 Å². The van der Waals surface area contributed by atoms with E-state index >= 15 is 0 Å². The molecule has 1 atom stereocenters. The van der Waals surface area contributed by atoms with Crippen molar-refractivity contribution in [2.45, 2.75) is 46.6 Å². The molecule has 0 bridgehead atoms. The van der Waals surface area contributed by atoms with E-state index < -0.39 is 0 Å². The summed E-state index contributed by atoms with van der Waals surface area (Å²) >= 11 is 0. The molecule has 6 nitrogen and oxygen atoms in total. The molecular formula is C21H27N5O. The Morgan fingerprint density at radius 3 is 2.41 bits per heavy atom. The van der Waals surface area contributed by atoms with Gasteiger partial charge in [-0.05, 0) is 43.9 Å². The molecule has 0 radical (unpaired) electrons. The van der Waals surface area contributed by atoms with Gasteiger partial charge in [-0.2, -0.15) is 5.10 Å². The number of carbonyl (C=O) groups is 1. The number of fused-ring (bicyclic) bond motifs is 1. The molecule has 1 aromatic carbocycles. The second kappa shape index (κ2) is 7.48. The molecule has 6 heteroatoms. The van der Waals surface area contributed by atoms with Crippen LogP contribution >= 0.6 is 0 Å². The Kier molecular flexibility index (Phi) is 5.28. The minimum absolute atomic E-state index is 0.200. The fourth-order valence-electron chi connectivity index (χ4n) is 3.23. The monoisotopic (exact) mass is 365 g/mol. The Morgan fingerprint density at radius 2 is 1.78 bits per heavy atom. The van der Waals surface area contributed by atoms with Crippen molar-refractivity contribution in [3.8, 4) is 0 Å². The molecule has 0 aliphatic carbocycles. The van der Waals surface area contributed by atoms with E-state index in [1.807, 2.05) is 39.0 Å². The van der Waals surface area contributed by atoms with Crippen LogP contribution in [0, 0.1) is 20.8 Å². The third kappa shape index (κ3) is 3.85. The molecule has 0 spiro atoms. The minimum Gasteiger partial charge on any atom is -0.350 e. The summed E-state index contributed by atoms with van der Waals surface area (Å²) in [5, 5.41) is 7.38. The number of benzene rings is 1. The van der Waals surface area contributed by atoms with E-state index in [-0.39, 0.29) is 11.9 Å².